The Morgan fingerprint density at radius 2 is 1.89 bits per heavy atom. The Hall–Kier alpha value is -1.76. The van der Waals surface area contributed by atoms with Crippen molar-refractivity contribution in [3.8, 4) is 11.5 Å². The molecular weight excluding hydrogens is 296 g/mol. The van der Waals surface area contributed by atoms with Gasteiger partial charge in [-0.15, -0.1) is 5.10 Å². The second-order valence-corrected chi connectivity index (χ2v) is 4.97. The first kappa shape index (κ1) is 11.3. The van der Waals surface area contributed by atoms with Crippen molar-refractivity contribution in [1.29, 1.82) is 0 Å². The standard InChI is InChI=1S/C11H11BrN6/c1-6-4-7(2)18-11(13-6)14-10(16-18)8-5-9(12)15-17(8)3/h4-5H,1-3H3. The van der Waals surface area contributed by atoms with Crippen molar-refractivity contribution in [2.75, 3.05) is 0 Å². The number of fused-ring (bicyclic) bond motifs is 1. The van der Waals surface area contributed by atoms with Gasteiger partial charge in [-0.1, -0.05) is 0 Å². The molecule has 0 amide bonds. The summed E-state index contributed by atoms with van der Waals surface area (Å²) in [5.41, 5.74) is 2.80. The Labute approximate surface area is 112 Å². The molecule has 0 aromatic carbocycles. The van der Waals surface area contributed by atoms with E-state index in [4.69, 9.17) is 0 Å². The maximum absolute atomic E-state index is 4.46. The second-order valence-electron chi connectivity index (χ2n) is 4.16. The van der Waals surface area contributed by atoms with Gasteiger partial charge in [0.25, 0.3) is 5.78 Å². The molecule has 7 heteroatoms. The fraction of sp³-hybridized carbons (Fsp3) is 0.273. The zero-order valence-electron chi connectivity index (χ0n) is 10.2. The van der Waals surface area contributed by atoms with Crippen molar-refractivity contribution >= 4 is 21.7 Å². The normalized spacial score (nSPS) is 11.3. The lowest BCUT2D eigenvalue weighted by molar-refractivity contribution is 0.761. The van der Waals surface area contributed by atoms with Crippen LogP contribution in [0.15, 0.2) is 16.7 Å². The summed E-state index contributed by atoms with van der Waals surface area (Å²) in [6.45, 7) is 3.93. The number of aryl methyl sites for hydroxylation is 3. The molecule has 0 spiro atoms. The maximum atomic E-state index is 4.46. The molecule has 0 radical (unpaired) electrons. The van der Waals surface area contributed by atoms with Crippen LogP contribution >= 0.6 is 15.9 Å². The third kappa shape index (κ3) is 1.71. The smallest absolute Gasteiger partial charge is 0.253 e. The summed E-state index contributed by atoms with van der Waals surface area (Å²) >= 11 is 3.34. The molecule has 0 saturated carbocycles. The fourth-order valence-corrected chi connectivity index (χ4v) is 2.37. The number of rotatable bonds is 1. The minimum atomic E-state index is 0.611. The molecule has 0 fully saturated rings. The van der Waals surface area contributed by atoms with Gasteiger partial charge >= 0.3 is 0 Å². The molecular formula is C11H11BrN6. The molecule has 18 heavy (non-hydrogen) atoms. The van der Waals surface area contributed by atoms with Crippen LogP contribution in [0.3, 0.4) is 0 Å². The Bertz CT molecular complexity index is 741. The van der Waals surface area contributed by atoms with Gasteiger partial charge in [-0.25, -0.2) is 9.50 Å². The van der Waals surface area contributed by atoms with E-state index in [1.807, 2.05) is 33.0 Å². The number of hydrogen-bond acceptors (Lipinski definition) is 4. The predicted octanol–water partition coefficient (Wildman–Crippen LogP) is 1.90. The maximum Gasteiger partial charge on any atom is 0.253 e. The summed E-state index contributed by atoms with van der Waals surface area (Å²) in [5.74, 6) is 1.23. The first-order valence-electron chi connectivity index (χ1n) is 5.45. The van der Waals surface area contributed by atoms with E-state index in [1.165, 1.54) is 0 Å². The summed E-state index contributed by atoms with van der Waals surface area (Å²) in [7, 11) is 1.86. The Kier molecular flexibility index (Phi) is 2.44. The first-order valence-corrected chi connectivity index (χ1v) is 6.25. The molecule has 0 aliphatic rings. The van der Waals surface area contributed by atoms with Crippen LogP contribution in [0, 0.1) is 13.8 Å². The van der Waals surface area contributed by atoms with Crippen LogP contribution in [0.2, 0.25) is 0 Å². The predicted molar refractivity (Wildman–Crippen MR) is 70.2 cm³/mol. The Morgan fingerprint density at radius 3 is 2.56 bits per heavy atom. The average Bonchev–Trinajstić information content (AvgIpc) is 2.81. The lowest BCUT2D eigenvalue weighted by Crippen LogP contribution is -1.98. The summed E-state index contributed by atoms with van der Waals surface area (Å²) in [5, 5.41) is 8.68. The molecule has 3 aromatic rings. The molecule has 0 unspecified atom stereocenters. The monoisotopic (exact) mass is 306 g/mol. The van der Waals surface area contributed by atoms with Crippen LogP contribution in [-0.2, 0) is 7.05 Å². The highest BCUT2D eigenvalue weighted by Crippen LogP contribution is 2.19. The van der Waals surface area contributed by atoms with Crippen LogP contribution in [0.4, 0.5) is 0 Å². The highest BCUT2D eigenvalue weighted by Gasteiger charge is 2.13. The molecule has 92 valence electrons. The molecule has 0 saturated heterocycles. The molecule has 0 atom stereocenters. The number of hydrogen-bond donors (Lipinski definition) is 0. The van der Waals surface area contributed by atoms with E-state index in [0.29, 0.717) is 11.6 Å². The van der Waals surface area contributed by atoms with Gasteiger partial charge in [0.15, 0.2) is 0 Å². The average molecular weight is 307 g/mol. The Morgan fingerprint density at radius 1 is 1.11 bits per heavy atom. The third-order valence-electron chi connectivity index (χ3n) is 2.70. The van der Waals surface area contributed by atoms with Crippen molar-refractivity contribution in [2.45, 2.75) is 13.8 Å². The van der Waals surface area contributed by atoms with Crippen LogP contribution in [0.5, 0.6) is 0 Å². The minimum Gasteiger partial charge on any atom is -0.264 e. The molecule has 0 N–H and O–H groups in total. The van der Waals surface area contributed by atoms with Crippen molar-refractivity contribution in [2.24, 2.45) is 7.05 Å². The SMILES string of the molecule is Cc1cc(C)n2nc(-c3cc(Br)nn3C)nc2n1. The van der Waals surface area contributed by atoms with Crippen LogP contribution in [-0.4, -0.2) is 29.4 Å². The van der Waals surface area contributed by atoms with Gasteiger partial charge in [0.1, 0.15) is 10.3 Å². The van der Waals surface area contributed by atoms with Gasteiger partial charge in [0.2, 0.25) is 5.82 Å². The zero-order chi connectivity index (χ0) is 12.9. The van der Waals surface area contributed by atoms with Gasteiger partial charge in [-0.3, -0.25) is 4.68 Å². The van der Waals surface area contributed by atoms with Gasteiger partial charge < -0.3 is 0 Å². The highest BCUT2D eigenvalue weighted by molar-refractivity contribution is 9.10. The minimum absolute atomic E-state index is 0.611. The van der Waals surface area contributed by atoms with E-state index in [9.17, 15) is 0 Å². The Balaban J connectivity index is 2.25. The first-order chi connectivity index (χ1) is 8.54. The van der Waals surface area contributed by atoms with Crippen LogP contribution in [0.1, 0.15) is 11.4 Å². The van der Waals surface area contributed by atoms with E-state index in [0.717, 1.165) is 21.7 Å². The van der Waals surface area contributed by atoms with Crippen molar-refractivity contribution in [3.63, 3.8) is 0 Å². The lowest BCUT2D eigenvalue weighted by Gasteiger charge is -1.97. The summed E-state index contributed by atoms with van der Waals surface area (Å²) in [4.78, 5) is 8.80. The van der Waals surface area contributed by atoms with Crippen LogP contribution in [0.25, 0.3) is 17.3 Å². The van der Waals surface area contributed by atoms with E-state index in [-0.39, 0.29) is 0 Å². The number of aromatic nitrogens is 6. The molecule has 0 aliphatic carbocycles. The summed E-state index contributed by atoms with van der Waals surface area (Å²) in [6, 6.07) is 3.86. The quantitative estimate of drug-likeness (QED) is 0.689. The van der Waals surface area contributed by atoms with Gasteiger partial charge in [0.05, 0.1) is 0 Å². The fourth-order valence-electron chi connectivity index (χ4n) is 1.92. The summed E-state index contributed by atoms with van der Waals surface area (Å²) < 4.78 is 4.24. The largest absolute Gasteiger partial charge is 0.264 e. The van der Waals surface area contributed by atoms with Crippen molar-refractivity contribution < 1.29 is 0 Å². The van der Waals surface area contributed by atoms with Crippen molar-refractivity contribution in [1.82, 2.24) is 29.4 Å². The van der Waals surface area contributed by atoms with Gasteiger partial charge in [-0.2, -0.15) is 10.1 Å². The van der Waals surface area contributed by atoms with E-state index in [2.05, 4.69) is 36.1 Å². The lowest BCUT2D eigenvalue weighted by atomic mass is 10.4. The topological polar surface area (TPSA) is 60.9 Å². The molecule has 3 rings (SSSR count). The van der Waals surface area contributed by atoms with Crippen molar-refractivity contribution in [3.05, 3.63) is 28.1 Å². The highest BCUT2D eigenvalue weighted by atomic mass is 79.9. The molecule has 3 aromatic heterocycles. The molecule has 6 nitrogen and oxygen atoms in total. The van der Waals surface area contributed by atoms with Gasteiger partial charge in [-0.05, 0) is 35.8 Å². The van der Waals surface area contributed by atoms with Crippen LogP contribution < -0.4 is 0 Å². The van der Waals surface area contributed by atoms with E-state index in [1.54, 1.807) is 9.20 Å². The number of halogens is 1. The third-order valence-corrected chi connectivity index (χ3v) is 3.08. The van der Waals surface area contributed by atoms with Gasteiger partial charge in [0, 0.05) is 24.5 Å². The number of nitrogens with zero attached hydrogens (tertiary/aromatic N) is 6. The molecule has 0 aliphatic heterocycles. The van der Waals surface area contributed by atoms with E-state index >= 15 is 0 Å². The van der Waals surface area contributed by atoms with E-state index < -0.39 is 0 Å². The zero-order valence-corrected chi connectivity index (χ0v) is 11.8. The molecule has 0 bridgehead atoms. The second kappa shape index (κ2) is 3.88. The molecule has 3 heterocycles. The summed E-state index contributed by atoms with van der Waals surface area (Å²) in [6.07, 6.45) is 0.